The maximum atomic E-state index is 12.4. The van der Waals surface area contributed by atoms with Crippen molar-refractivity contribution in [1.82, 2.24) is 5.32 Å². The Bertz CT molecular complexity index is 875. The number of hydrogen-bond donors (Lipinski definition) is 2. The third-order valence-corrected chi connectivity index (χ3v) is 5.52. The Kier molecular flexibility index (Phi) is 6.49. The number of benzene rings is 1. The van der Waals surface area contributed by atoms with Crippen LogP contribution in [0.3, 0.4) is 0 Å². The topological polar surface area (TPSA) is 84.9 Å². The van der Waals surface area contributed by atoms with Gasteiger partial charge in [0.25, 0.3) is 5.91 Å². The number of hydrogen-bond acceptors (Lipinski definition) is 6. The zero-order valence-electron chi connectivity index (χ0n) is 15.8. The average Bonchev–Trinajstić information content (AvgIpc) is 3.32. The summed E-state index contributed by atoms with van der Waals surface area (Å²) < 4.78 is 11.2. The molecular formula is C21H23NO5S. The van der Waals surface area contributed by atoms with E-state index in [4.69, 9.17) is 9.47 Å². The molecule has 1 aromatic carbocycles. The number of carbonyl (C=O) groups excluding carboxylic acids is 2. The summed E-state index contributed by atoms with van der Waals surface area (Å²) in [7, 11) is 0. The first-order chi connectivity index (χ1) is 13.5. The van der Waals surface area contributed by atoms with Gasteiger partial charge in [0, 0.05) is 17.0 Å². The minimum absolute atomic E-state index is 0.116. The lowest BCUT2D eigenvalue weighted by molar-refractivity contribution is -0.124. The molecule has 1 aliphatic heterocycles. The number of allylic oxidation sites excluding steroid dienone is 1. The van der Waals surface area contributed by atoms with Gasteiger partial charge in [0.1, 0.15) is 11.5 Å². The summed E-state index contributed by atoms with van der Waals surface area (Å²) in [6.45, 7) is 3.67. The molecule has 0 aliphatic carbocycles. The van der Waals surface area contributed by atoms with E-state index in [1.165, 1.54) is 11.3 Å². The van der Waals surface area contributed by atoms with Crippen LogP contribution in [-0.4, -0.2) is 36.1 Å². The summed E-state index contributed by atoms with van der Waals surface area (Å²) in [5, 5.41) is 14.1. The number of ketones is 1. The molecule has 1 amide bonds. The van der Waals surface area contributed by atoms with Crippen molar-refractivity contribution < 1.29 is 24.2 Å². The van der Waals surface area contributed by atoms with Gasteiger partial charge >= 0.3 is 0 Å². The van der Waals surface area contributed by atoms with Crippen molar-refractivity contribution >= 4 is 29.1 Å². The molecule has 0 radical (unpaired) electrons. The fourth-order valence-electron chi connectivity index (χ4n) is 2.81. The number of carbonyl (C=O) groups is 2. The van der Waals surface area contributed by atoms with Gasteiger partial charge in [-0.1, -0.05) is 26.3 Å². The van der Waals surface area contributed by atoms with E-state index in [9.17, 15) is 14.7 Å². The van der Waals surface area contributed by atoms with Crippen LogP contribution in [0.15, 0.2) is 41.5 Å². The summed E-state index contributed by atoms with van der Waals surface area (Å²) in [5.74, 6) is 0.803. The van der Waals surface area contributed by atoms with E-state index < -0.39 is 0 Å². The molecule has 0 unspecified atom stereocenters. The van der Waals surface area contributed by atoms with Gasteiger partial charge in [0.2, 0.25) is 5.78 Å². The van der Waals surface area contributed by atoms with Gasteiger partial charge in [-0.25, -0.2) is 0 Å². The lowest BCUT2D eigenvalue weighted by Gasteiger charge is -2.22. The summed E-state index contributed by atoms with van der Waals surface area (Å²) >= 11 is 1.52. The van der Waals surface area contributed by atoms with Crippen LogP contribution in [0.5, 0.6) is 11.5 Å². The van der Waals surface area contributed by atoms with Crippen LogP contribution in [0.25, 0.3) is 6.08 Å². The first kappa shape index (κ1) is 20.1. The van der Waals surface area contributed by atoms with Gasteiger partial charge in [-0.05, 0) is 29.5 Å². The van der Waals surface area contributed by atoms with Crippen LogP contribution in [0, 0.1) is 5.92 Å². The molecule has 148 valence electrons. The molecule has 0 fully saturated rings. The molecule has 2 N–H and O–H groups in total. The van der Waals surface area contributed by atoms with Gasteiger partial charge in [-0.2, -0.15) is 0 Å². The van der Waals surface area contributed by atoms with Gasteiger partial charge < -0.3 is 19.9 Å². The highest BCUT2D eigenvalue weighted by molar-refractivity contribution is 7.10. The molecule has 1 aromatic heterocycles. The van der Waals surface area contributed by atoms with Crippen molar-refractivity contribution in [2.24, 2.45) is 5.92 Å². The minimum Gasteiger partial charge on any atom is -0.484 e. The van der Waals surface area contributed by atoms with Crippen LogP contribution in [0.2, 0.25) is 0 Å². The Balaban J connectivity index is 1.61. The molecule has 3 rings (SSSR count). The lowest BCUT2D eigenvalue weighted by atomic mass is 10.00. The fraction of sp³-hybridized carbons (Fsp3) is 0.333. The predicted molar refractivity (Wildman–Crippen MR) is 108 cm³/mol. The molecule has 0 saturated heterocycles. The Labute approximate surface area is 167 Å². The van der Waals surface area contributed by atoms with E-state index in [1.807, 2.05) is 31.4 Å². The predicted octanol–water partition coefficient (Wildman–Crippen LogP) is 3.27. The number of aliphatic hydroxyl groups excluding tert-OH is 1. The van der Waals surface area contributed by atoms with Crippen LogP contribution < -0.4 is 14.8 Å². The SMILES string of the molecule is CC[C@H](C)[C@@H](CO)NC(=O)COc1ccc2c(c1)O/C(=C\c1cccs1)C2=O. The van der Waals surface area contributed by atoms with Gasteiger partial charge in [-0.15, -0.1) is 11.3 Å². The Morgan fingerprint density at radius 2 is 2.21 bits per heavy atom. The molecule has 2 atom stereocenters. The molecule has 1 aliphatic rings. The highest BCUT2D eigenvalue weighted by Crippen LogP contribution is 2.35. The third-order valence-electron chi connectivity index (χ3n) is 4.70. The summed E-state index contributed by atoms with van der Waals surface area (Å²) in [5.41, 5.74) is 0.469. The van der Waals surface area contributed by atoms with Gasteiger partial charge in [-0.3, -0.25) is 9.59 Å². The van der Waals surface area contributed by atoms with E-state index in [1.54, 1.807) is 24.3 Å². The van der Waals surface area contributed by atoms with Crippen molar-refractivity contribution in [3.05, 3.63) is 51.9 Å². The average molecular weight is 401 g/mol. The van der Waals surface area contributed by atoms with Crippen LogP contribution in [-0.2, 0) is 4.79 Å². The molecule has 0 spiro atoms. The van der Waals surface area contributed by atoms with Crippen LogP contribution in [0.1, 0.15) is 35.5 Å². The third kappa shape index (κ3) is 4.61. The van der Waals surface area contributed by atoms with Gasteiger partial charge in [0.15, 0.2) is 12.4 Å². The molecule has 2 aromatic rings. The zero-order chi connectivity index (χ0) is 20.1. The second-order valence-corrected chi connectivity index (χ2v) is 7.62. The van der Waals surface area contributed by atoms with E-state index in [0.29, 0.717) is 17.1 Å². The van der Waals surface area contributed by atoms with Crippen LogP contribution in [0.4, 0.5) is 0 Å². The second kappa shape index (κ2) is 9.03. The number of Topliss-reactive ketones (excluding diaryl/α,β-unsaturated/α-hetero) is 1. The van der Waals surface area contributed by atoms with Gasteiger partial charge in [0.05, 0.1) is 18.2 Å². The van der Waals surface area contributed by atoms with E-state index in [0.717, 1.165) is 11.3 Å². The molecule has 0 bridgehead atoms. The Morgan fingerprint density at radius 3 is 2.89 bits per heavy atom. The molecule has 6 nitrogen and oxygen atoms in total. The summed E-state index contributed by atoms with van der Waals surface area (Å²) in [4.78, 5) is 25.4. The molecule has 2 heterocycles. The number of amides is 1. The molecule has 0 saturated carbocycles. The number of rotatable bonds is 8. The smallest absolute Gasteiger partial charge is 0.258 e. The number of fused-ring (bicyclic) bond motifs is 1. The van der Waals surface area contributed by atoms with Crippen molar-refractivity contribution in [3.63, 3.8) is 0 Å². The number of aliphatic hydroxyl groups is 1. The van der Waals surface area contributed by atoms with E-state index >= 15 is 0 Å². The molecular weight excluding hydrogens is 378 g/mol. The van der Waals surface area contributed by atoms with Crippen molar-refractivity contribution in [2.45, 2.75) is 26.3 Å². The van der Waals surface area contributed by atoms with Crippen LogP contribution >= 0.6 is 11.3 Å². The highest BCUT2D eigenvalue weighted by atomic mass is 32.1. The molecule has 7 heteroatoms. The second-order valence-electron chi connectivity index (χ2n) is 6.64. The number of thiophene rings is 1. The maximum absolute atomic E-state index is 12.4. The monoisotopic (exact) mass is 401 g/mol. The first-order valence-electron chi connectivity index (χ1n) is 9.16. The first-order valence-corrected chi connectivity index (χ1v) is 10.0. The highest BCUT2D eigenvalue weighted by Gasteiger charge is 2.28. The number of ether oxygens (including phenoxy) is 2. The normalized spacial score (nSPS) is 16.4. The summed E-state index contributed by atoms with van der Waals surface area (Å²) in [6, 6.07) is 8.39. The van der Waals surface area contributed by atoms with Crippen molar-refractivity contribution in [1.29, 1.82) is 0 Å². The van der Waals surface area contributed by atoms with Crippen molar-refractivity contribution in [2.75, 3.05) is 13.2 Å². The lowest BCUT2D eigenvalue weighted by Crippen LogP contribution is -2.43. The Morgan fingerprint density at radius 1 is 1.39 bits per heavy atom. The maximum Gasteiger partial charge on any atom is 0.258 e. The van der Waals surface area contributed by atoms with E-state index in [2.05, 4.69) is 5.32 Å². The van der Waals surface area contributed by atoms with E-state index in [-0.39, 0.29) is 42.6 Å². The fourth-order valence-corrected chi connectivity index (χ4v) is 3.46. The molecule has 28 heavy (non-hydrogen) atoms. The largest absolute Gasteiger partial charge is 0.484 e. The summed E-state index contributed by atoms with van der Waals surface area (Å²) in [6.07, 6.45) is 2.56. The standard InChI is InChI=1S/C21H23NO5S/c1-3-13(2)17(11-23)22-20(24)12-26-14-6-7-16-18(9-14)27-19(21(16)25)10-15-5-4-8-28-15/h4-10,13,17,23H,3,11-12H2,1-2H3,(H,22,24)/b19-10-/t13-,17+/m0/s1. The van der Waals surface area contributed by atoms with Crippen molar-refractivity contribution in [3.8, 4) is 11.5 Å². The Hall–Kier alpha value is -2.64. The zero-order valence-corrected chi connectivity index (χ0v) is 16.6. The quantitative estimate of drug-likeness (QED) is 0.663. The number of nitrogens with one attached hydrogen (secondary N) is 1. The minimum atomic E-state index is -0.310.